The predicted molar refractivity (Wildman–Crippen MR) is 93.6 cm³/mol. The summed E-state index contributed by atoms with van der Waals surface area (Å²) in [6.07, 6.45) is 1.07. The second-order valence-corrected chi connectivity index (χ2v) is 7.42. The van der Waals surface area contributed by atoms with Gasteiger partial charge in [-0.25, -0.2) is 9.97 Å². The Morgan fingerprint density at radius 3 is 2.76 bits per heavy atom. The van der Waals surface area contributed by atoms with Crippen molar-refractivity contribution in [3.8, 4) is 0 Å². The Morgan fingerprint density at radius 2 is 2.10 bits per heavy atom. The van der Waals surface area contributed by atoms with Crippen LogP contribution in [0, 0.1) is 0 Å². The first kappa shape index (κ1) is 16.7. The molecule has 0 radical (unpaired) electrons. The van der Waals surface area contributed by atoms with Gasteiger partial charge in [0.2, 0.25) is 0 Å². The molecule has 5 nitrogen and oxygen atoms in total. The van der Waals surface area contributed by atoms with E-state index in [0.717, 1.165) is 31.1 Å². The van der Waals surface area contributed by atoms with E-state index in [1.807, 2.05) is 29.6 Å². The van der Waals surface area contributed by atoms with Gasteiger partial charge in [0.1, 0.15) is 18.2 Å². The van der Waals surface area contributed by atoms with Crippen LogP contribution < -0.4 is 10.6 Å². The van der Waals surface area contributed by atoms with Crippen LogP contribution in [-0.2, 0) is 11.3 Å². The molecule has 1 saturated heterocycles. The lowest BCUT2D eigenvalue weighted by Crippen LogP contribution is -2.23. The largest absolute Gasteiger partial charge is 0.377 e. The number of hydrogen-bond acceptors (Lipinski definition) is 7. The summed E-state index contributed by atoms with van der Waals surface area (Å²) in [6, 6.07) is 1.98. The van der Waals surface area contributed by atoms with Crippen LogP contribution in [0.25, 0.3) is 0 Å². The van der Waals surface area contributed by atoms with Crippen LogP contribution in [0.2, 0.25) is 0 Å². The Kier molecular flexibility index (Phi) is 7.46. The molecule has 21 heavy (non-hydrogen) atoms. The first-order valence-corrected chi connectivity index (χ1v) is 9.56. The van der Waals surface area contributed by atoms with Crippen molar-refractivity contribution in [3.63, 3.8) is 0 Å². The van der Waals surface area contributed by atoms with Crippen LogP contribution in [0.15, 0.2) is 6.07 Å². The van der Waals surface area contributed by atoms with Gasteiger partial charge in [0.15, 0.2) is 5.82 Å². The Morgan fingerprint density at radius 1 is 1.29 bits per heavy atom. The maximum absolute atomic E-state index is 5.15. The zero-order chi connectivity index (χ0) is 14.9. The fourth-order valence-corrected chi connectivity index (χ4v) is 4.61. The molecule has 1 aromatic rings. The van der Waals surface area contributed by atoms with Crippen molar-refractivity contribution in [1.29, 1.82) is 0 Å². The Balaban J connectivity index is 1.96. The molecule has 0 aromatic carbocycles. The molecule has 1 atom stereocenters. The van der Waals surface area contributed by atoms with E-state index in [0.29, 0.717) is 17.7 Å². The van der Waals surface area contributed by atoms with Crippen molar-refractivity contribution >= 4 is 35.2 Å². The second kappa shape index (κ2) is 9.38. The molecule has 1 aliphatic rings. The van der Waals surface area contributed by atoms with Crippen molar-refractivity contribution in [3.05, 3.63) is 11.9 Å². The topological polar surface area (TPSA) is 59.1 Å². The minimum atomic E-state index is 0.435. The molecular formula is C14H24N4OS2. The molecule has 7 heteroatoms. The van der Waals surface area contributed by atoms with Gasteiger partial charge in [0.25, 0.3) is 0 Å². The number of aromatic nitrogens is 2. The fraction of sp³-hybridized carbons (Fsp3) is 0.714. The van der Waals surface area contributed by atoms with Crippen LogP contribution in [-0.4, -0.2) is 52.7 Å². The molecule has 0 amide bonds. The van der Waals surface area contributed by atoms with E-state index < -0.39 is 0 Å². The minimum absolute atomic E-state index is 0.435. The van der Waals surface area contributed by atoms with Crippen molar-refractivity contribution < 1.29 is 4.74 Å². The highest BCUT2D eigenvalue weighted by atomic mass is 32.2. The summed E-state index contributed by atoms with van der Waals surface area (Å²) in [5.41, 5.74) is 0. The molecule has 1 aliphatic heterocycles. The van der Waals surface area contributed by atoms with Crippen molar-refractivity contribution in [2.24, 2.45) is 0 Å². The van der Waals surface area contributed by atoms with Crippen LogP contribution in [0.5, 0.6) is 0 Å². The van der Waals surface area contributed by atoms with Crippen molar-refractivity contribution in [1.82, 2.24) is 9.97 Å². The Hall–Kier alpha value is -0.660. The molecule has 0 saturated carbocycles. The number of nitrogens with zero attached hydrogens (tertiary/aromatic N) is 2. The van der Waals surface area contributed by atoms with Gasteiger partial charge in [-0.1, -0.05) is 6.92 Å². The summed E-state index contributed by atoms with van der Waals surface area (Å²) >= 11 is 4.09. The van der Waals surface area contributed by atoms with Gasteiger partial charge in [0, 0.05) is 48.8 Å². The number of nitrogens with one attached hydrogen (secondary N) is 2. The lowest BCUT2D eigenvalue weighted by molar-refractivity contribution is 0.178. The molecule has 2 rings (SSSR count). The predicted octanol–water partition coefficient (Wildman–Crippen LogP) is 2.71. The van der Waals surface area contributed by atoms with Crippen LogP contribution >= 0.6 is 23.5 Å². The third-order valence-corrected chi connectivity index (χ3v) is 5.84. The SMILES string of the molecule is CCCNc1cc(NCC2CSCCS2)nc(COC)n1. The van der Waals surface area contributed by atoms with E-state index in [4.69, 9.17) is 4.74 Å². The fourth-order valence-electron chi connectivity index (χ4n) is 2.00. The standard InChI is InChI=1S/C14H24N4OS2/c1-3-4-15-12-7-13(18-14(17-12)9-19-2)16-8-11-10-20-5-6-21-11/h7,11H,3-6,8-10H2,1-2H3,(H2,15,16,17,18). The highest BCUT2D eigenvalue weighted by Gasteiger charge is 2.14. The number of methoxy groups -OCH3 is 1. The van der Waals surface area contributed by atoms with Gasteiger partial charge >= 0.3 is 0 Å². The summed E-state index contributed by atoms with van der Waals surface area (Å²) in [4.78, 5) is 8.97. The maximum Gasteiger partial charge on any atom is 0.158 e. The van der Waals surface area contributed by atoms with E-state index in [2.05, 4.69) is 27.5 Å². The second-order valence-electron chi connectivity index (χ2n) is 4.86. The minimum Gasteiger partial charge on any atom is -0.377 e. The number of ether oxygens (including phenoxy) is 1. The highest BCUT2D eigenvalue weighted by Crippen LogP contribution is 2.24. The van der Waals surface area contributed by atoms with Gasteiger partial charge in [0.05, 0.1) is 0 Å². The summed E-state index contributed by atoms with van der Waals surface area (Å²) in [5, 5.41) is 7.43. The van der Waals surface area contributed by atoms with Gasteiger partial charge in [-0.15, -0.1) is 0 Å². The van der Waals surface area contributed by atoms with E-state index >= 15 is 0 Å². The first-order valence-electron chi connectivity index (χ1n) is 7.35. The normalized spacial score (nSPS) is 18.5. The van der Waals surface area contributed by atoms with Gasteiger partial charge in [-0.05, 0) is 6.42 Å². The zero-order valence-corrected chi connectivity index (χ0v) is 14.4. The monoisotopic (exact) mass is 328 g/mol. The van der Waals surface area contributed by atoms with Crippen LogP contribution in [0.3, 0.4) is 0 Å². The molecule has 118 valence electrons. The number of thioether (sulfide) groups is 2. The first-order chi connectivity index (χ1) is 10.3. The number of anilines is 2. The third-order valence-electron chi connectivity index (χ3n) is 3.00. The lowest BCUT2D eigenvalue weighted by Gasteiger charge is -2.21. The third kappa shape index (κ3) is 5.92. The zero-order valence-electron chi connectivity index (χ0n) is 12.7. The van der Waals surface area contributed by atoms with Gasteiger partial charge in [-0.2, -0.15) is 23.5 Å². The average Bonchev–Trinajstić information content (AvgIpc) is 2.52. The average molecular weight is 329 g/mol. The summed E-state index contributed by atoms with van der Waals surface area (Å²) in [7, 11) is 1.67. The summed E-state index contributed by atoms with van der Waals surface area (Å²) in [5.74, 6) is 6.21. The number of rotatable bonds is 8. The van der Waals surface area contributed by atoms with Crippen molar-refractivity contribution in [2.75, 3.05) is 48.1 Å². The molecule has 1 unspecified atom stereocenters. The summed E-state index contributed by atoms with van der Waals surface area (Å²) < 4.78 is 5.15. The van der Waals surface area contributed by atoms with Gasteiger partial charge in [-0.3, -0.25) is 0 Å². The van der Waals surface area contributed by atoms with E-state index in [1.165, 1.54) is 17.3 Å². The highest BCUT2D eigenvalue weighted by molar-refractivity contribution is 8.06. The molecule has 2 N–H and O–H groups in total. The molecule has 0 bridgehead atoms. The molecule has 1 aromatic heterocycles. The molecular weight excluding hydrogens is 304 g/mol. The molecule has 0 spiro atoms. The molecule has 0 aliphatic carbocycles. The molecule has 1 fully saturated rings. The van der Waals surface area contributed by atoms with E-state index in [9.17, 15) is 0 Å². The Labute approximate surface area is 135 Å². The smallest absolute Gasteiger partial charge is 0.158 e. The van der Waals surface area contributed by atoms with E-state index in [-0.39, 0.29) is 0 Å². The van der Waals surface area contributed by atoms with Crippen LogP contribution in [0.1, 0.15) is 19.2 Å². The quantitative estimate of drug-likeness (QED) is 0.761. The number of hydrogen-bond donors (Lipinski definition) is 2. The van der Waals surface area contributed by atoms with E-state index in [1.54, 1.807) is 7.11 Å². The molecule has 2 heterocycles. The lowest BCUT2D eigenvalue weighted by atomic mass is 10.4. The Bertz CT molecular complexity index is 427. The maximum atomic E-state index is 5.15. The van der Waals surface area contributed by atoms with Crippen molar-refractivity contribution in [2.45, 2.75) is 25.2 Å². The summed E-state index contributed by atoms with van der Waals surface area (Å²) in [6.45, 7) is 4.44. The van der Waals surface area contributed by atoms with Gasteiger partial charge < -0.3 is 15.4 Å². The van der Waals surface area contributed by atoms with Crippen LogP contribution in [0.4, 0.5) is 11.6 Å².